The van der Waals surface area contributed by atoms with Gasteiger partial charge in [0.1, 0.15) is 24.4 Å². The quantitative estimate of drug-likeness (QED) is 0.254. The standard InChI is InChI=1S/C18H37O9P/c1-5-13(4)28(22,23)26-10-8-6-7-9-24-18-17(21)16(20)15(19)14(27-18)11-25-12(2)3/h12-21H,5-11H2,1-4H3,(H,22,23). The molecule has 0 aromatic heterocycles. The summed E-state index contributed by atoms with van der Waals surface area (Å²) in [5, 5.41) is 30.0. The van der Waals surface area contributed by atoms with Crippen molar-refractivity contribution in [3.05, 3.63) is 0 Å². The predicted molar refractivity (Wildman–Crippen MR) is 103 cm³/mol. The fraction of sp³-hybridized carbons (Fsp3) is 1.00. The molecule has 0 bridgehead atoms. The van der Waals surface area contributed by atoms with Crippen LogP contribution in [0.15, 0.2) is 0 Å². The molecule has 4 N–H and O–H groups in total. The van der Waals surface area contributed by atoms with Gasteiger partial charge in [0.2, 0.25) is 0 Å². The molecule has 28 heavy (non-hydrogen) atoms. The smallest absolute Gasteiger partial charge is 0.330 e. The van der Waals surface area contributed by atoms with E-state index in [0.717, 1.165) is 0 Å². The molecule has 0 spiro atoms. The maximum atomic E-state index is 11.9. The third-order valence-electron chi connectivity index (χ3n) is 4.76. The molecule has 0 amide bonds. The van der Waals surface area contributed by atoms with Crippen LogP contribution in [-0.4, -0.2) is 82.5 Å². The van der Waals surface area contributed by atoms with E-state index < -0.39 is 38.3 Å². The van der Waals surface area contributed by atoms with Crippen molar-refractivity contribution in [3.63, 3.8) is 0 Å². The fourth-order valence-corrected chi connectivity index (χ4v) is 3.72. The van der Waals surface area contributed by atoms with Gasteiger partial charge in [0, 0.05) is 6.61 Å². The molecule has 7 atom stereocenters. The number of rotatable bonds is 13. The molecule has 0 aromatic rings. The molecule has 9 nitrogen and oxygen atoms in total. The zero-order valence-corrected chi connectivity index (χ0v) is 18.2. The Kier molecular flexibility index (Phi) is 11.6. The molecule has 1 aliphatic rings. The molecule has 1 aliphatic heterocycles. The summed E-state index contributed by atoms with van der Waals surface area (Å²) < 4.78 is 33.4. The summed E-state index contributed by atoms with van der Waals surface area (Å²) in [5.41, 5.74) is -0.379. The van der Waals surface area contributed by atoms with Crippen molar-refractivity contribution < 1.29 is 43.5 Å². The number of hydrogen-bond acceptors (Lipinski definition) is 8. The van der Waals surface area contributed by atoms with E-state index in [-0.39, 0.29) is 31.6 Å². The van der Waals surface area contributed by atoms with Gasteiger partial charge in [-0.1, -0.05) is 13.8 Å². The third kappa shape index (κ3) is 8.34. The molecule has 168 valence electrons. The minimum absolute atomic E-state index is 0.0593. The number of ether oxygens (including phenoxy) is 3. The zero-order chi connectivity index (χ0) is 21.3. The minimum Gasteiger partial charge on any atom is -0.387 e. The highest BCUT2D eigenvalue weighted by Crippen LogP contribution is 2.48. The average Bonchev–Trinajstić information content (AvgIpc) is 2.65. The van der Waals surface area contributed by atoms with Crippen LogP contribution in [0, 0.1) is 0 Å². The van der Waals surface area contributed by atoms with Gasteiger partial charge in [-0.05, 0) is 39.5 Å². The third-order valence-corrected chi connectivity index (χ3v) is 6.79. The lowest BCUT2D eigenvalue weighted by molar-refractivity contribution is -0.304. The molecule has 1 saturated heterocycles. The van der Waals surface area contributed by atoms with E-state index in [0.29, 0.717) is 25.7 Å². The van der Waals surface area contributed by atoms with Gasteiger partial charge in [-0.25, -0.2) is 0 Å². The SMILES string of the molecule is CCC(C)P(=O)(O)OCCCCCOC1OC(COC(C)C)C(O)C(O)C1O. The Bertz CT molecular complexity index is 476. The van der Waals surface area contributed by atoms with Gasteiger partial charge >= 0.3 is 7.60 Å². The lowest BCUT2D eigenvalue weighted by Gasteiger charge is -2.40. The van der Waals surface area contributed by atoms with Crippen LogP contribution in [0.4, 0.5) is 0 Å². The second-order valence-electron chi connectivity index (χ2n) is 7.48. The Morgan fingerprint density at radius 2 is 1.64 bits per heavy atom. The Hall–Kier alpha value is -0.0900. The summed E-state index contributed by atoms with van der Waals surface area (Å²) in [4.78, 5) is 9.74. The minimum atomic E-state index is -3.55. The second kappa shape index (κ2) is 12.6. The van der Waals surface area contributed by atoms with Crippen LogP contribution in [0.25, 0.3) is 0 Å². The molecular formula is C18H37O9P. The number of aliphatic hydroxyl groups excluding tert-OH is 3. The average molecular weight is 428 g/mol. The van der Waals surface area contributed by atoms with Gasteiger partial charge < -0.3 is 38.9 Å². The van der Waals surface area contributed by atoms with Crippen molar-refractivity contribution in [2.24, 2.45) is 0 Å². The maximum absolute atomic E-state index is 11.9. The molecule has 1 heterocycles. The van der Waals surface area contributed by atoms with E-state index in [4.69, 9.17) is 18.7 Å². The van der Waals surface area contributed by atoms with Crippen LogP contribution in [0.3, 0.4) is 0 Å². The van der Waals surface area contributed by atoms with E-state index >= 15 is 0 Å². The summed E-state index contributed by atoms with van der Waals surface area (Å²) >= 11 is 0. The van der Waals surface area contributed by atoms with Crippen LogP contribution in [0.1, 0.15) is 53.4 Å². The first-order valence-corrected chi connectivity index (χ1v) is 11.6. The fourth-order valence-electron chi connectivity index (χ4n) is 2.61. The van der Waals surface area contributed by atoms with Gasteiger partial charge in [0.15, 0.2) is 6.29 Å². The molecule has 0 saturated carbocycles. The molecular weight excluding hydrogens is 391 g/mol. The largest absolute Gasteiger partial charge is 0.387 e. The van der Waals surface area contributed by atoms with Gasteiger partial charge in [-0.3, -0.25) is 4.57 Å². The molecule has 7 unspecified atom stereocenters. The lowest BCUT2D eigenvalue weighted by atomic mass is 9.99. The topological polar surface area (TPSA) is 135 Å². The summed E-state index contributed by atoms with van der Waals surface area (Å²) in [6.45, 7) is 7.76. The first-order chi connectivity index (χ1) is 13.1. The van der Waals surface area contributed by atoms with Crippen LogP contribution in [-0.2, 0) is 23.3 Å². The first-order valence-electron chi connectivity index (χ1n) is 10.00. The van der Waals surface area contributed by atoms with E-state index in [1.807, 2.05) is 20.8 Å². The van der Waals surface area contributed by atoms with Crippen molar-refractivity contribution in [2.75, 3.05) is 19.8 Å². The van der Waals surface area contributed by atoms with Crippen molar-refractivity contribution >= 4 is 7.60 Å². The summed E-state index contributed by atoms with van der Waals surface area (Å²) in [6, 6.07) is 0. The molecule has 0 radical (unpaired) electrons. The van der Waals surface area contributed by atoms with Gasteiger partial charge in [0.05, 0.1) is 25.0 Å². The summed E-state index contributed by atoms with van der Waals surface area (Å²) in [7, 11) is -3.55. The Labute approximate surface area is 167 Å². The van der Waals surface area contributed by atoms with Gasteiger partial charge in [-0.2, -0.15) is 0 Å². The van der Waals surface area contributed by atoms with Gasteiger partial charge in [-0.15, -0.1) is 0 Å². The number of hydrogen-bond donors (Lipinski definition) is 4. The van der Waals surface area contributed by atoms with Gasteiger partial charge in [0.25, 0.3) is 0 Å². The highest BCUT2D eigenvalue weighted by Gasteiger charge is 2.44. The van der Waals surface area contributed by atoms with Crippen molar-refractivity contribution in [1.29, 1.82) is 0 Å². The Morgan fingerprint density at radius 3 is 2.25 bits per heavy atom. The molecule has 0 aliphatic carbocycles. The summed E-state index contributed by atoms with van der Waals surface area (Å²) in [6.07, 6.45) is -3.40. The normalized spacial score (nSPS) is 31.7. The molecule has 1 rings (SSSR count). The molecule has 0 aromatic carbocycles. The molecule has 10 heteroatoms. The second-order valence-corrected chi connectivity index (χ2v) is 9.75. The highest BCUT2D eigenvalue weighted by molar-refractivity contribution is 7.53. The zero-order valence-electron chi connectivity index (χ0n) is 17.3. The van der Waals surface area contributed by atoms with Crippen molar-refractivity contribution in [2.45, 2.75) is 95.8 Å². The first kappa shape index (κ1) is 25.9. The molecule has 1 fully saturated rings. The van der Waals surface area contributed by atoms with E-state index in [1.54, 1.807) is 6.92 Å². The van der Waals surface area contributed by atoms with E-state index in [9.17, 15) is 24.8 Å². The van der Waals surface area contributed by atoms with Crippen LogP contribution >= 0.6 is 7.60 Å². The number of aliphatic hydroxyl groups is 3. The highest BCUT2D eigenvalue weighted by atomic mass is 31.2. The van der Waals surface area contributed by atoms with Crippen LogP contribution in [0.2, 0.25) is 0 Å². The Balaban J connectivity index is 2.28. The van der Waals surface area contributed by atoms with Crippen molar-refractivity contribution in [3.8, 4) is 0 Å². The van der Waals surface area contributed by atoms with Crippen LogP contribution in [0.5, 0.6) is 0 Å². The van der Waals surface area contributed by atoms with Crippen LogP contribution < -0.4 is 0 Å². The monoisotopic (exact) mass is 428 g/mol. The Morgan fingerprint density at radius 1 is 1.00 bits per heavy atom. The van der Waals surface area contributed by atoms with E-state index in [2.05, 4.69) is 0 Å². The summed E-state index contributed by atoms with van der Waals surface area (Å²) in [5.74, 6) is 0. The number of unbranched alkanes of at least 4 members (excludes halogenated alkanes) is 2. The maximum Gasteiger partial charge on any atom is 0.330 e. The predicted octanol–water partition coefficient (Wildman–Crippen LogP) is 1.41. The lowest BCUT2D eigenvalue weighted by Crippen LogP contribution is -2.59. The van der Waals surface area contributed by atoms with Crippen molar-refractivity contribution in [1.82, 2.24) is 0 Å². The van der Waals surface area contributed by atoms with E-state index in [1.165, 1.54) is 0 Å².